The molecule has 0 atom stereocenters. The number of carbonyl (C=O) groups is 1. The van der Waals surface area contributed by atoms with Crippen LogP contribution in [-0.4, -0.2) is 24.1 Å². The van der Waals surface area contributed by atoms with Gasteiger partial charge in [0.1, 0.15) is 0 Å². The second kappa shape index (κ2) is 9.00. The smallest absolute Gasteiger partial charge is 0.257 e. The Kier molecular flexibility index (Phi) is 6.45. The molecule has 0 spiro atoms. The third kappa shape index (κ3) is 5.30. The second-order valence-electron chi connectivity index (χ2n) is 7.18. The molecule has 3 rings (SSSR count). The van der Waals surface area contributed by atoms with Crippen molar-refractivity contribution < 1.29 is 4.79 Å². The van der Waals surface area contributed by atoms with E-state index in [1.54, 1.807) is 0 Å². The first-order chi connectivity index (χ1) is 13.0. The van der Waals surface area contributed by atoms with Crippen molar-refractivity contribution in [2.75, 3.05) is 23.3 Å². The molecule has 2 aromatic carbocycles. The molecule has 0 aliphatic carbocycles. The van der Waals surface area contributed by atoms with Crippen LogP contribution in [-0.2, 0) is 6.42 Å². The van der Waals surface area contributed by atoms with Gasteiger partial charge in [0, 0.05) is 30.0 Å². The summed E-state index contributed by atoms with van der Waals surface area (Å²) in [6, 6.07) is 15.8. The van der Waals surface area contributed by atoms with E-state index in [4.69, 9.17) is 12.2 Å². The fraction of sp³-hybridized carbons (Fsp3) is 0.364. The van der Waals surface area contributed by atoms with Crippen LogP contribution < -0.4 is 15.5 Å². The van der Waals surface area contributed by atoms with Gasteiger partial charge in [0.2, 0.25) is 0 Å². The lowest BCUT2D eigenvalue weighted by molar-refractivity contribution is 0.0977. The SMILES string of the molecule is CCc1ccc(C(=O)NC(=S)Nc2ccc(N3CCC(C)CC3)cc2)cc1. The highest BCUT2D eigenvalue weighted by Gasteiger charge is 2.16. The second-order valence-corrected chi connectivity index (χ2v) is 7.58. The molecule has 1 fully saturated rings. The van der Waals surface area contributed by atoms with Crippen molar-refractivity contribution in [3.63, 3.8) is 0 Å². The molecule has 1 amide bonds. The zero-order chi connectivity index (χ0) is 19.2. The van der Waals surface area contributed by atoms with E-state index in [-0.39, 0.29) is 5.91 Å². The van der Waals surface area contributed by atoms with Crippen molar-refractivity contribution in [3.05, 3.63) is 59.7 Å². The Morgan fingerprint density at radius 3 is 2.30 bits per heavy atom. The monoisotopic (exact) mass is 381 g/mol. The minimum absolute atomic E-state index is 0.200. The molecule has 142 valence electrons. The van der Waals surface area contributed by atoms with E-state index >= 15 is 0 Å². The number of aryl methyl sites for hydroxylation is 1. The summed E-state index contributed by atoms with van der Waals surface area (Å²) in [6.07, 6.45) is 3.44. The van der Waals surface area contributed by atoms with E-state index in [0.717, 1.165) is 31.1 Å². The van der Waals surface area contributed by atoms with Gasteiger partial charge in [-0.15, -0.1) is 0 Å². The summed E-state index contributed by atoms with van der Waals surface area (Å²) in [5, 5.41) is 6.12. The van der Waals surface area contributed by atoms with Crippen LogP contribution in [0.2, 0.25) is 0 Å². The number of amides is 1. The Balaban J connectivity index is 1.53. The van der Waals surface area contributed by atoms with Crippen LogP contribution in [0.25, 0.3) is 0 Å². The fourth-order valence-corrected chi connectivity index (χ4v) is 3.46. The molecule has 1 saturated heterocycles. The van der Waals surface area contributed by atoms with Gasteiger partial charge in [0.05, 0.1) is 0 Å². The molecule has 27 heavy (non-hydrogen) atoms. The molecule has 0 aromatic heterocycles. The minimum Gasteiger partial charge on any atom is -0.372 e. The van der Waals surface area contributed by atoms with E-state index in [9.17, 15) is 4.79 Å². The first kappa shape index (κ1) is 19.4. The summed E-state index contributed by atoms with van der Waals surface area (Å²) in [4.78, 5) is 14.7. The average molecular weight is 382 g/mol. The average Bonchev–Trinajstić information content (AvgIpc) is 2.69. The molecular weight excluding hydrogens is 354 g/mol. The summed E-state index contributed by atoms with van der Waals surface area (Å²) in [5.74, 6) is 0.621. The predicted octanol–water partition coefficient (Wildman–Crippen LogP) is 4.61. The van der Waals surface area contributed by atoms with Crippen LogP contribution in [0.4, 0.5) is 11.4 Å². The molecule has 1 aliphatic heterocycles. The van der Waals surface area contributed by atoms with E-state index in [1.807, 2.05) is 36.4 Å². The quantitative estimate of drug-likeness (QED) is 0.759. The van der Waals surface area contributed by atoms with Gasteiger partial charge >= 0.3 is 0 Å². The Hall–Kier alpha value is -2.40. The van der Waals surface area contributed by atoms with Crippen LogP contribution in [0.1, 0.15) is 42.6 Å². The lowest BCUT2D eigenvalue weighted by Crippen LogP contribution is -2.34. The first-order valence-corrected chi connectivity index (χ1v) is 10.0. The number of rotatable bonds is 4. The molecule has 0 radical (unpaired) electrons. The number of thiocarbonyl (C=S) groups is 1. The molecule has 0 saturated carbocycles. The maximum absolute atomic E-state index is 12.3. The zero-order valence-corrected chi connectivity index (χ0v) is 16.8. The Morgan fingerprint density at radius 1 is 1.07 bits per heavy atom. The Morgan fingerprint density at radius 2 is 1.70 bits per heavy atom. The van der Waals surface area contributed by atoms with Gasteiger partial charge in [0.15, 0.2) is 5.11 Å². The fourth-order valence-electron chi connectivity index (χ4n) is 3.25. The van der Waals surface area contributed by atoms with Crippen LogP contribution >= 0.6 is 12.2 Å². The van der Waals surface area contributed by atoms with Gasteiger partial charge in [0.25, 0.3) is 5.91 Å². The van der Waals surface area contributed by atoms with Gasteiger partial charge in [-0.2, -0.15) is 0 Å². The molecule has 0 unspecified atom stereocenters. The number of anilines is 2. The van der Waals surface area contributed by atoms with Gasteiger partial charge in [-0.1, -0.05) is 26.0 Å². The maximum atomic E-state index is 12.3. The van der Waals surface area contributed by atoms with Crippen molar-refractivity contribution in [1.82, 2.24) is 5.32 Å². The van der Waals surface area contributed by atoms with E-state index in [1.165, 1.54) is 24.1 Å². The highest BCUT2D eigenvalue weighted by Crippen LogP contribution is 2.24. The largest absolute Gasteiger partial charge is 0.372 e. The zero-order valence-electron chi connectivity index (χ0n) is 16.0. The maximum Gasteiger partial charge on any atom is 0.257 e. The summed E-state index contributed by atoms with van der Waals surface area (Å²) >= 11 is 5.28. The standard InChI is InChI=1S/C22H27N3OS/c1-3-17-4-6-18(7-5-17)21(26)24-22(27)23-19-8-10-20(11-9-19)25-14-12-16(2)13-15-25/h4-11,16H,3,12-15H2,1-2H3,(H2,23,24,26,27). The molecular formula is C22H27N3OS. The molecule has 2 N–H and O–H groups in total. The third-order valence-electron chi connectivity index (χ3n) is 5.13. The number of hydrogen-bond donors (Lipinski definition) is 2. The molecule has 4 nitrogen and oxygen atoms in total. The van der Waals surface area contributed by atoms with Crippen molar-refractivity contribution in [2.45, 2.75) is 33.1 Å². The van der Waals surface area contributed by atoms with Crippen LogP contribution in [0.3, 0.4) is 0 Å². The third-order valence-corrected chi connectivity index (χ3v) is 5.33. The van der Waals surface area contributed by atoms with Crippen LogP contribution in [0.5, 0.6) is 0 Å². The molecule has 1 aliphatic rings. The Bertz CT molecular complexity index is 778. The highest BCUT2D eigenvalue weighted by atomic mass is 32.1. The van der Waals surface area contributed by atoms with E-state index < -0.39 is 0 Å². The van der Waals surface area contributed by atoms with Gasteiger partial charge in [-0.3, -0.25) is 10.1 Å². The van der Waals surface area contributed by atoms with E-state index in [2.05, 4.69) is 41.5 Å². The van der Waals surface area contributed by atoms with Gasteiger partial charge in [-0.25, -0.2) is 0 Å². The van der Waals surface area contributed by atoms with Gasteiger partial charge in [-0.05, 0) is 79.4 Å². The van der Waals surface area contributed by atoms with Crippen molar-refractivity contribution in [3.8, 4) is 0 Å². The normalized spacial score (nSPS) is 14.7. The number of nitrogens with zero attached hydrogens (tertiary/aromatic N) is 1. The van der Waals surface area contributed by atoms with Crippen molar-refractivity contribution in [2.24, 2.45) is 5.92 Å². The number of carbonyl (C=O) groups excluding carboxylic acids is 1. The first-order valence-electron chi connectivity index (χ1n) is 9.61. The van der Waals surface area contributed by atoms with Crippen molar-refractivity contribution in [1.29, 1.82) is 0 Å². The number of benzene rings is 2. The molecule has 1 heterocycles. The number of hydrogen-bond acceptors (Lipinski definition) is 3. The summed E-state index contributed by atoms with van der Waals surface area (Å²) in [6.45, 7) is 6.63. The number of piperidine rings is 1. The van der Waals surface area contributed by atoms with Crippen LogP contribution in [0.15, 0.2) is 48.5 Å². The molecule has 5 heteroatoms. The predicted molar refractivity (Wildman–Crippen MR) is 117 cm³/mol. The Labute approximate surface area is 167 Å². The van der Waals surface area contributed by atoms with Gasteiger partial charge < -0.3 is 10.2 Å². The highest BCUT2D eigenvalue weighted by molar-refractivity contribution is 7.80. The summed E-state index contributed by atoms with van der Waals surface area (Å²) < 4.78 is 0. The minimum atomic E-state index is -0.200. The topological polar surface area (TPSA) is 44.4 Å². The van der Waals surface area contributed by atoms with E-state index in [0.29, 0.717) is 10.7 Å². The lowest BCUT2D eigenvalue weighted by atomic mass is 9.99. The van der Waals surface area contributed by atoms with Crippen LogP contribution in [0, 0.1) is 5.92 Å². The number of nitrogens with one attached hydrogen (secondary N) is 2. The summed E-state index contributed by atoms with van der Waals surface area (Å²) in [7, 11) is 0. The van der Waals surface area contributed by atoms with Crippen molar-refractivity contribution >= 4 is 34.6 Å². The lowest BCUT2D eigenvalue weighted by Gasteiger charge is -2.32. The molecule has 2 aromatic rings. The summed E-state index contributed by atoms with van der Waals surface area (Å²) in [5.41, 5.74) is 3.91. The molecule has 0 bridgehead atoms.